The number of fused-ring (bicyclic) bond motifs is 1. The van der Waals surface area contributed by atoms with Gasteiger partial charge in [-0.2, -0.15) is 0 Å². The summed E-state index contributed by atoms with van der Waals surface area (Å²) in [5, 5.41) is 2.31. The predicted molar refractivity (Wildman–Crippen MR) is 84.0 cm³/mol. The average molecular weight is 262 g/mol. The molecule has 0 atom stereocenters. The minimum Gasteiger partial charge on any atom is -0.289 e. The fraction of sp³-hybridized carbons (Fsp3) is 0.211. The van der Waals surface area contributed by atoms with E-state index in [-0.39, 0.29) is 5.78 Å². The van der Waals surface area contributed by atoms with E-state index in [1.165, 1.54) is 5.39 Å². The van der Waals surface area contributed by atoms with Crippen LogP contribution in [-0.2, 0) is 0 Å². The molecule has 3 rings (SSSR count). The van der Waals surface area contributed by atoms with Crippen molar-refractivity contribution < 1.29 is 4.79 Å². The van der Waals surface area contributed by atoms with E-state index in [4.69, 9.17) is 0 Å². The van der Waals surface area contributed by atoms with E-state index in [0.29, 0.717) is 0 Å². The maximum Gasteiger partial charge on any atom is 0.188 e. The summed E-state index contributed by atoms with van der Waals surface area (Å²) in [5.41, 5.74) is 1.77. The Morgan fingerprint density at radius 3 is 2.55 bits per heavy atom. The van der Waals surface area contributed by atoms with E-state index >= 15 is 0 Å². The number of Topliss-reactive ketones (excluding diaryl/α,β-unsaturated/α-hetero) is 1. The first-order chi connectivity index (χ1) is 9.84. The monoisotopic (exact) mass is 262 g/mol. The number of allylic oxidation sites excluding steroid dienone is 4. The van der Waals surface area contributed by atoms with Crippen molar-refractivity contribution in [2.24, 2.45) is 0 Å². The van der Waals surface area contributed by atoms with Gasteiger partial charge in [-0.1, -0.05) is 54.6 Å². The lowest BCUT2D eigenvalue weighted by Gasteiger charge is -2.08. The fourth-order valence-corrected chi connectivity index (χ4v) is 2.65. The zero-order valence-corrected chi connectivity index (χ0v) is 11.5. The molecule has 0 fully saturated rings. The van der Waals surface area contributed by atoms with Gasteiger partial charge in [0.05, 0.1) is 0 Å². The summed E-state index contributed by atoms with van der Waals surface area (Å²) in [6, 6.07) is 14.1. The van der Waals surface area contributed by atoms with Crippen molar-refractivity contribution >= 4 is 16.6 Å². The molecule has 0 N–H and O–H groups in total. The maximum absolute atomic E-state index is 12.6. The van der Waals surface area contributed by atoms with Crippen LogP contribution in [0, 0.1) is 0 Å². The molecule has 0 heterocycles. The van der Waals surface area contributed by atoms with Crippen molar-refractivity contribution in [1.82, 2.24) is 0 Å². The minimum absolute atomic E-state index is 0.186. The summed E-state index contributed by atoms with van der Waals surface area (Å²) >= 11 is 0. The van der Waals surface area contributed by atoms with Gasteiger partial charge < -0.3 is 0 Å². The first-order valence-electron chi connectivity index (χ1n) is 7.22. The maximum atomic E-state index is 12.6. The van der Waals surface area contributed by atoms with Gasteiger partial charge in [0, 0.05) is 5.56 Å². The summed E-state index contributed by atoms with van der Waals surface area (Å²) in [6.45, 7) is 0. The van der Waals surface area contributed by atoms with Gasteiger partial charge in [0.25, 0.3) is 0 Å². The van der Waals surface area contributed by atoms with Crippen LogP contribution in [0.1, 0.15) is 36.0 Å². The van der Waals surface area contributed by atoms with Crippen LogP contribution in [0.3, 0.4) is 0 Å². The van der Waals surface area contributed by atoms with E-state index in [1.54, 1.807) is 0 Å². The molecule has 0 saturated heterocycles. The topological polar surface area (TPSA) is 17.1 Å². The zero-order valence-electron chi connectivity index (χ0n) is 11.5. The largest absolute Gasteiger partial charge is 0.289 e. The molecule has 0 spiro atoms. The third kappa shape index (κ3) is 2.72. The summed E-state index contributed by atoms with van der Waals surface area (Å²) in [5.74, 6) is 0.186. The highest BCUT2D eigenvalue weighted by Gasteiger charge is 2.12. The minimum atomic E-state index is 0.186. The van der Waals surface area contributed by atoms with Gasteiger partial charge in [-0.3, -0.25) is 4.79 Å². The Bertz CT molecular complexity index is 692. The molecule has 0 aromatic heterocycles. The Hall–Kier alpha value is -2.15. The Kier molecular flexibility index (Phi) is 3.78. The van der Waals surface area contributed by atoms with Gasteiger partial charge in [-0.25, -0.2) is 0 Å². The molecule has 1 heteroatoms. The smallest absolute Gasteiger partial charge is 0.188 e. The molecule has 0 bridgehead atoms. The summed E-state index contributed by atoms with van der Waals surface area (Å²) in [7, 11) is 0. The van der Waals surface area contributed by atoms with Crippen molar-refractivity contribution in [1.29, 1.82) is 0 Å². The van der Waals surface area contributed by atoms with Crippen LogP contribution in [0.5, 0.6) is 0 Å². The van der Waals surface area contributed by atoms with E-state index in [1.807, 2.05) is 30.3 Å². The van der Waals surface area contributed by atoms with Crippen molar-refractivity contribution in [3.05, 3.63) is 71.8 Å². The lowest BCUT2D eigenvalue weighted by molar-refractivity contribution is 0.103. The Labute approximate surface area is 119 Å². The highest BCUT2D eigenvalue weighted by Crippen LogP contribution is 2.21. The van der Waals surface area contributed by atoms with Crippen molar-refractivity contribution in [3.63, 3.8) is 0 Å². The second-order valence-electron chi connectivity index (χ2n) is 5.21. The molecule has 2 aromatic rings. The molecule has 1 nitrogen and oxygen atoms in total. The zero-order chi connectivity index (χ0) is 13.8. The van der Waals surface area contributed by atoms with Gasteiger partial charge in [-0.05, 0) is 48.1 Å². The molecule has 20 heavy (non-hydrogen) atoms. The molecule has 100 valence electrons. The number of rotatable bonds is 2. The third-order valence-electron chi connectivity index (χ3n) is 3.77. The standard InChI is InChI=1S/C19H18O/c20-19(16-9-4-2-1-3-5-10-16)18-13-12-15-8-6-7-11-17(15)14-18/h1-2,6-8,10-14H,3-5,9H2/b2-1-,16-10+. The summed E-state index contributed by atoms with van der Waals surface area (Å²) in [4.78, 5) is 12.6. The van der Waals surface area contributed by atoms with Crippen LogP contribution >= 0.6 is 0 Å². The van der Waals surface area contributed by atoms with Crippen LogP contribution in [0.2, 0.25) is 0 Å². The second kappa shape index (κ2) is 5.87. The molecule has 0 amide bonds. The van der Waals surface area contributed by atoms with Crippen molar-refractivity contribution in [3.8, 4) is 0 Å². The van der Waals surface area contributed by atoms with Gasteiger partial charge in [0.15, 0.2) is 5.78 Å². The predicted octanol–water partition coefficient (Wildman–Crippen LogP) is 5.08. The number of benzene rings is 2. The van der Waals surface area contributed by atoms with Gasteiger partial charge in [-0.15, -0.1) is 0 Å². The molecule has 2 aromatic carbocycles. The van der Waals surface area contributed by atoms with E-state index in [0.717, 1.165) is 42.2 Å². The molecular formula is C19H18O. The third-order valence-corrected chi connectivity index (χ3v) is 3.77. The summed E-state index contributed by atoms with van der Waals surface area (Å²) < 4.78 is 0. The number of hydrogen-bond acceptors (Lipinski definition) is 1. The first-order valence-corrected chi connectivity index (χ1v) is 7.22. The lowest BCUT2D eigenvalue weighted by Crippen LogP contribution is -2.04. The van der Waals surface area contributed by atoms with Crippen molar-refractivity contribution in [2.45, 2.75) is 25.7 Å². The van der Waals surface area contributed by atoms with Crippen LogP contribution in [0.4, 0.5) is 0 Å². The second-order valence-corrected chi connectivity index (χ2v) is 5.21. The number of carbonyl (C=O) groups excluding carboxylic acids is 1. The van der Waals surface area contributed by atoms with Crippen LogP contribution in [0.15, 0.2) is 66.3 Å². The summed E-state index contributed by atoms with van der Waals surface area (Å²) in [6.07, 6.45) is 10.3. The first kappa shape index (κ1) is 12.9. The van der Waals surface area contributed by atoms with Crippen molar-refractivity contribution in [2.75, 3.05) is 0 Å². The van der Waals surface area contributed by atoms with Gasteiger partial charge in [0.2, 0.25) is 0 Å². The Morgan fingerprint density at radius 2 is 1.65 bits per heavy atom. The molecule has 1 aliphatic rings. The highest BCUT2D eigenvalue weighted by molar-refractivity contribution is 6.10. The Morgan fingerprint density at radius 1 is 0.850 bits per heavy atom. The molecule has 0 aliphatic heterocycles. The van der Waals surface area contributed by atoms with Crippen LogP contribution < -0.4 is 0 Å². The molecule has 0 saturated carbocycles. The SMILES string of the molecule is O=C(/C1=C/CC/C=C\CC1)c1ccc2ccccc2c1. The van der Waals surface area contributed by atoms with Gasteiger partial charge >= 0.3 is 0 Å². The quantitative estimate of drug-likeness (QED) is 0.545. The van der Waals surface area contributed by atoms with E-state index < -0.39 is 0 Å². The molecular weight excluding hydrogens is 244 g/mol. The average Bonchev–Trinajstić information content (AvgIpc) is 2.46. The molecule has 0 radical (unpaired) electrons. The highest BCUT2D eigenvalue weighted by atomic mass is 16.1. The van der Waals surface area contributed by atoms with E-state index in [9.17, 15) is 4.79 Å². The molecule has 1 aliphatic carbocycles. The lowest BCUT2D eigenvalue weighted by atomic mass is 9.95. The van der Waals surface area contributed by atoms with Crippen LogP contribution in [-0.4, -0.2) is 5.78 Å². The fourth-order valence-electron chi connectivity index (χ4n) is 2.65. The number of hydrogen-bond donors (Lipinski definition) is 0. The number of ketones is 1. The normalized spacial score (nSPS) is 19.7. The number of carbonyl (C=O) groups is 1. The molecule has 0 unspecified atom stereocenters. The van der Waals surface area contributed by atoms with Gasteiger partial charge in [0.1, 0.15) is 0 Å². The van der Waals surface area contributed by atoms with Crippen LogP contribution in [0.25, 0.3) is 10.8 Å². The Balaban J connectivity index is 1.91. The van der Waals surface area contributed by atoms with E-state index in [2.05, 4.69) is 30.4 Å².